The van der Waals surface area contributed by atoms with Gasteiger partial charge < -0.3 is 10.0 Å². The number of hydrogen-bond donors (Lipinski definition) is 2. The lowest BCUT2D eigenvalue weighted by Crippen LogP contribution is -2.29. The molecule has 1 fully saturated rings. The van der Waals surface area contributed by atoms with Gasteiger partial charge in [-0.3, -0.25) is 0 Å². The maximum Gasteiger partial charge on any atom is 0.488 e. The maximum absolute atomic E-state index is 8.91. The average Bonchev–Trinajstić information content (AvgIpc) is 2.87. The second-order valence-corrected chi connectivity index (χ2v) is 3.32. The average molecular weight is 162 g/mol. The molecular weight excluding hydrogens is 151 g/mol. The largest absolute Gasteiger partial charge is 0.488 e. The van der Waals surface area contributed by atoms with Crippen molar-refractivity contribution in [3.05, 3.63) is 29.8 Å². The van der Waals surface area contributed by atoms with E-state index in [0.29, 0.717) is 11.4 Å². The van der Waals surface area contributed by atoms with E-state index in [-0.39, 0.29) is 0 Å². The van der Waals surface area contributed by atoms with Crippen LogP contribution in [0.4, 0.5) is 0 Å². The molecule has 0 atom stereocenters. The first-order chi connectivity index (χ1) is 5.77. The molecule has 12 heavy (non-hydrogen) atoms. The summed E-state index contributed by atoms with van der Waals surface area (Å²) in [5.74, 6) is 0.670. The molecule has 0 aromatic heterocycles. The Kier molecular flexibility index (Phi) is 1.91. The predicted molar refractivity (Wildman–Crippen MR) is 48.2 cm³/mol. The molecule has 1 aliphatic carbocycles. The van der Waals surface area contributed by atoms with Crippen LogP contribution in [0.15, 0.2) is 24.3 Å². The number of hydrogen-bond acceptors (Lipinski definition) is 2. The van der Waals surface area contributed by atoms with Crippen LogP contribution in [0.1, 0.15) is 24.3 Å². The van der Waals surface area contributed by atoms with Crippen LogP contribution in [0.3, 0.4) is 0 Å². The predicted octanol–water partition coefficient (Wildman–Crippen LogP) is 0.244. The summed E-state index contributed by atoms with van der Waals surface area (Å²) >= 11 is 0. The Bertz CT molecular complexity index is 264. The van der Waals surface area contributed by atoms with Crippen LogP contribution >= 0.6 is 0 Å². The van der Waals surface area contributed by atoms with Crippen LogP contribution in [-0.4, -0.2) is 17.2 Å². The fraction of sp³-hybridized carbons (Fsp3) is 0.333. The van der Waals surface area contributed by atoms with Crippen molar-refractivity contribution >= 4 is 12.6 Å². The second kappa shape index (κ2) is 2.92. The standard InChI is InChI=1S/C9H11BO2/c11-10(12)9-3-1-2-8(6-9)7-4-5-7/h1-3,6-7,11-12H,4-5H2. The molecule has 0 heterocycles. The Morgan fingerprint density at radius 3 is 2.58 bits per heavy atom. The van der Waals surface area contributed by atoms with E-state index in [1.165, 1.54) is 18.4 Å². The van der Waals surface area contributed by atoms with Gasteiger partial charge in [0.2, 0.25) is 0 Å². The monoisotopic (exact) mass is 162 g/mol. The van der Waals surface area contributed by atoms with Crippen LogP contribution in [0.25, 0.3) is 0 Å². The van der Waals surface area contributed by atoms with Crippen molar-refractivity contribution in [3.63, 3.8) is 0 Å². The summed E-state index contributed by atoms with van der Waals surface area (Å²) in [4.78, 5) is 0. The molecule has 0 unspecified atom stereocenters. The zero-order chi connectivity index (χ0) is 8.55. The molecule has 0 spiro atoms. The highest BCUT2D eigenvalue weighted by Crippen LogP contribution is 2.39. The Morgan fingerprint density at radius 2 is 2.00 bits per heavy atom. The molecule has 0 bridgehead atoms. The van der Waals surface area contributed by atoms with Crippen molar-refractivity contribution in [1.29, 1.82) is 0 Å². The van der Waals surface area contributed by atoms with Crippen molar-refractivity contribution in [3.8, 4) is 0 Å². The van der Waals surface area contributed by atoms with Crippen LogP contribution in [-0.2, 0) is 0 Å². The van der Waals surface area contributed by atoms with Crippen LogP contribution in [0.5, 0.6) is 0 Å². The van der Waals surface area contributed by atoms with Crippen molar-refractivity contribution in [2.24, 2.45) is 0 Å². The molecule has 1 aromatic rings. The molecule has 0 radical (unpaired) electrons. The Hall–Kier alpha value is -0.795. The van der Waals surface area contributed by atoms with Gasteiger partial charge in [-0.25, -0.2) is 0 Å². The van der Waals surface area contributed by atoms with Gasteiger partial charge in [-0.1, -0.05) is 24.3 Å². The molecule has 2 rings (SSSR count). The fourth-order valence-electron chi connectivity index (χ4n) is 1.39. The summed E-state index contributed by atoms with van der Waals surface area (Å²) in [6, 6.07) is 7.53. The highest BCUT2D eigenvalue weighted by molar-refractivity contribution is 6.58. The molecule has 1 aromatic carbocycles. The van der Waals surface area contributed by atoms with Gasteiger partial charge in [-0.15, -0.1) is 0 Å². The summed E-state index contributed by atoms with van der Waals surface area (Å²) in [7, 11) is -1.33. The van der Waals surface area contributed by atoms with Crippen LogP contribution in [0.2, 0.25) is 0 Å². The van der Waals surface area contributed by atoms with Crippen LogP contribution < -0.4 is 5.46 Å². The van der Waals surface area contributed by atoms with Gasteiger partial charge in [-0.2, -0.15) is 0 Å². The van der Waals surface area contributed by atoms with E-state index >= 15 is 0 Å². The SMILES string of the molecule is OB(O)c1cccc(C2CC2)c1. The van der Waals surface area contributed by atoms with E-state index < -0.39 is 7.12 Å². The fourth-order valence-corrected chi connectivity index (χ4v) is 1.39. The van der Waals surface area contributed by atoms with Crippen molar-refractivity contribution in [2.75, 3.05) is 0 Å². The van der Waals surface area contributed by atoms with Gasteiger partial charge >= 0.3 is 7.12 Å². The Labute approximate surface area is 72.0 Å². The molecule has 0 saturated heterocycles. The van der Waals surface area contributed by atoms with Gasteiger partial charge in [0.25, 0.3) is 0 Å². The first-order valence-electron chi connectivity index (χ1n) is 4.23. The smallest absolute Gasteiger partial charge is 0.423 e. The van der Waals surface area contributed by atoms with Gasteiger partial charge in [0.15, 0.2) is 0 Å². The highest BCUT2D eigenvalue weighted by Gasteiger charge is 2.24. The van der Waals surface area contributed by atoms with E-state index in [4.69, 9.17) is 10.0 Å². The molecule has 2 N–H and O–H groups in total. The molecule has 0 amide bonds. The van der Waals surface area contributed by atoms with Gasteiger partial charge in [0, 0.05) is 0 Å². The summed E-state index contributed by atoms with van der Waals surface area (Å²) < 4.78 is 0. The van der Waals surface area contributed by atoms with Crippen molar-refractivity contribution in [2.45, 2.75) is 18.8 Å². The highest BCUT2D eigenvalue weighted by atomic mass is 16.4. The summed E-state index contributed by atoms with van der Waals surface area (Å²) in [6.45, 7) is 0. The molecule has 1 aliphatic rings. The number of benzene rings is 1. The molecular formula is C9H11BO2. The topological polar surface area (TPSA) is 40.5 Å². The van der Waals surface area contributed by atoms with Gasteiger partial charge in [-0.05, 0) is 29.8 Å². The molecule has 2 nitrogen and oxygen atoms in total. The lowest BCUT2D eigenvalue weighted by molar-refractivity contribution is 0.425. The molecule has 62 valence electrons. The van der Waals surface area contributed by atoms with Crippen molar-refractivity contribution in [1.82, 2.24) is 0 Å². The third kappa shape index (κ3) is 1.52. The minimum atomic E-state index is -1.33. The Morgan fingerprint density at radius 1 is 1.25 bits per heavy atom. The number of rotatable bonds is 2. The van der Waals surface area contributed by atoms with Gasteiger partial charge in [0.1, 0.15) is 0 Å². The first kappa shape index (κ1) is 7.83. The zero-order valence-electron chi connectivity index (χ0n) is 6.77. The lowest BCUT2D eigenvalue weighted by Gasteiger charge is -2.01. The quantitative estimate of drug-likeness (QED) is 0.611. The zero-order valence-corrected chi connectivity index (χ0v) is 6.77. The van der Waals surface area contributed by atoms with E-state index in [2.05, 4.69) is 0 Å². The normalized spacial score (nSPS) is 16.2. The molecule has 1 saturated carbocycles. The summed E-state index contributed by atoms with van der Waals surface area (Å²) in [5, 5.41) is 17.8. The minimum Gasteiger partial charge on any atom is -0.423 e. The van der Waals surface area contributed by atoms with E-state index in [1.807, 2.05) is 18.2 Å². The van der Waals surface area contributed by atoms with Crippen molar-refractivity contribution < 1.29 is 10.0 Å². The maximum atomic E-state index is 8.91. The third-order valence-electron chi connectivity index (χ3n) is 2.26. The summed E-state index contributed by atoms with van der Waals surface area (Å²) in [6.07, 6.45) is 2.48. The lowest BCUT2D eigenvalue weighted by atomic mass is 9.79. The Balaban J connectivity index is 2.26. The minimum absolute atomic E-state index is 0.597. The third-order valence-corrected chi connectivity index (χ3v) is 2.26. The second-order valence-electron chi connectivity index (χ2n) is 3.32. The van der Waals surface area contributed by atoms with E-state index in [1.54, 1.807) is 6.07 Å². The van der Waals surface area contributed by atoms with E-state index in [0.717, 1.165) is 0 Å². The van der Waals surface area contributed by atoms with Crippen LogP contribution in [0, 0.1) is 0 Å². The first-order valence-corrected chi connectivity index (χ1v) is 4.23. The summed E-state index contributed by atoms with van der Waals surface area (Å²) in [5.41, 5.74) is 1.83. The molecule has 3 heteroatoms. The van der Waals surface area contributed by atoms with Gasteiger partial charge in [0.05, 0.1) is 0 Å². The van der Waals surface area contributed by atoms with E-state index in [9.17, 15) is 0 Å². The molecule has 0 aliphatic heterocycles.